The highest BCUT2D eigenvalue weighted by molar-refractivity contribution is 7.93. The maximum absolute atomic E-state index is 13.4. The number of aliphatic carboxylic acids is 1. The molecule has 0 aromatic heterocycles. The number of hydrogen-bond donors (Lipinski definition) is 2. The highest BCUT2D eigenvalue weighted by Gasteiger charge is 2.28. The van der Waals surface area contributed by atoms with E-state index in [0.717, 1.165) is 6.08 Å². The highest BCUT2D eigenvalue weighted by atomic mass is 32.2. The molecule has 0 radical (unpaired) electrons. The van der Waals surface area contributed by atoms with Gasteiger partial charge in [0.2, 0.25) is 10.0 Å². The summed E-state index contributed by atoms with van der Waals surface area (Å²) in [5.41, 5.74) is 0.792. The summed E-state index contributed by atoms with van der Waals surface area (Å²) in [4.78, 5) is 10.5. The predicted molar refractivity (Wildman–Crippen MR) is 128 cm³/mol. The van der Waals surface area contributed by atoms with Crippen LogP contribution < -0.4 is 14.2 Å². The minimum absolute atomic E-state index is 0.0619. The van der Waals surface area contributed by atoms with E-state index in [1.54, 1.807) is 6.92 Å². The van der Waals surface area contributed by atoms with Gasteiger partial charge < -0.3 is 19.3 Å². The molecule has 11 nitrogen and oxygen atoms in total. The molecule has 0 aliphatic carbocycles. The van der Waals surface area contributed by atoms with Crippen molar-refractivity contribution in [2.75, 3.05) is 45.2 Å². The zero-order valence-corrected chi connectivity index (χ0v) is 21.0. The molecule has 0 amide bonds. The van der Waals surface area contributed by atoms with E-state index in [0.29, 0.717) is 5.56 Å². The largest absolute Gasteiger partial charge is 0.493 e. The first-order valence-corrected chi connectivity index (χ1v) is 13.3. The van der Waals surface area contributed by atoms with Gasteiger partial charge in [-0.2, -0.15) is 4.31 Å². The summed E-state index contributed by atoms with van der Waals surface area (Å²) < 4.78 is 72.3. The second kappa shape index (κ2) is 10.6. The first-order chi connectivity index (χ1) is 16.5. The second-order valence-corrected chi connectivity index (χ2v) is 11.1. The Morgan fingerprint density at radius 1 is 1.09 bits per heavy atom. The van der Waals surface area contributed by atoms with Gasteiger partial charge in [0, 0.05) is 19.2 Å². The zero-order valence-electron chi connectivity index (χ0n) is 19.3. The van der Waals surface area contributed by atoms with Gasteiger partial charge in [0.25, 0.3) is 10.0 Å². The Hall–Kier alpha value is -3.13. The molecular weight excluding hydrogens is 500 g/mol. The number of carboxylic acid groups (broad SMARTS) is 1. The summed E-state index contributed by atoms with van der Waals surface area (Å²) in [6.07, 6.45) is 2.07. The molecule has 190 valence electrons. The summed E-state index contributed by atoms with van der Waals surface area (Å²) >= 11 is 0. The molecule has 1 aliphatic rings. The number of hydrogen-bond acceptors (Lipinski definition) is 8. The number of anilines is 1. The van der Waals surface area contributed by atoms with Crippen molar-refractivity contribution in [3.05, 3.63) is 47.5 Å². The number of ether oxygens (including phenoxy) is 3. The van der Waals surface area contributed by atoms with Crippen LogP contribution >= 0.6 is 0 Å². The molecule has 1 heterocycles. The fourth-order valence-corrected chi connectivity index (χ4v) is 6.19. The minimum atomic E-state index is -4.32. The van der Waals surface area contributed by atoms with Crippen molar-refractivity contribution in [1.29, 1.82) is 0 Å². The molecule has 0 unspecified atom stereocenters. The average molecular weight is 527 g/mol. The number of carboxylic acids is 1. The van der Waals surface area contributed by atoms with Crippen LogP contribution in [0.1, 0.15) is 11.1 Å². The summed E-state index contributed by atoms with van der Waals surface area (Å²) in [5, 5.41) is 8.91. The Labute approximate surface area is 204 Å². The fourth-order valence-electron chi connectivity index (χ4n) is 3.42. The van der Waals surface area contributed by atoms with Crippen LogP contribution in [0, 0.1) is 6.92 Å². The second-order valence-electron chi connectivity index (χ2n) is 7.52. The SMILES string of the molecule is COc1cc(/C=C/C(=O)O)cc(S(=O)(=O)Nc2cc(S(=O)(=O)N3CCOCC3)ccc2C)c1OC. The number of aryl methyl sites for hydroxylation is 1. The maximum Gasteiger partial charge on any atom is 0.328 e. The highest BCUT2D eigenvalue weighted by Crippen LogP contribution is 2.37. The van der Waals surface area contributed by atoms with E-state index in [1.807, 2.05) is 0 Å². The molecule has 1 saturated heterocycles. The molecule has 1 fully saturated rings. The molecule has 1 aliphatic heterocycles. The normalized spacial score (nSPS) is 15.2. The Bertz CT molecular complexity index is 1350. The van der Waals surface area contributed by atoms with Gasteiger partial charge in [-0.3, -0.25) is 4.72 Å². The molecule has 0 atom stereocenters. The van der Waals surface area contributed by atoms with Crippen LogP contribution in [0.5, 0.6) is 11.5 Å². The third kappa shape index (κ3) is 5.93. The molecule has 0 spiro atoms. The Morgan fingerprint density at radius 2 is 1.77 bits per heavy atom. The van der Waals surface area contributed by atoms with E-state index >= 15 is 0 Å². The lowest BCUT2D eigenvalue weighted by atomic mass is 10.2. The predicted octanol–water partition coefficient (Wildman–Crippen LogP) is 1.93. The van der Waals surface area contributed by atoms with E-state index in [1.165, 1.54) is 54.9 Å². The number of morpholine rings is 1. The number of carbonyl (C=O) groups is 1. The topological polar surface area (TPSA) is 149 Å². The molecular formula is C22H26N2O9S2. The van der Waals surface area contributed by atoms with E-state index in [4.69, 9.17) is 19.3 Å². The van der Waals surface area contributed by atoms with Crippen LogP contribution in [0.15, 0.2) is 46.2 Å². The van der Waals surface area contributed by atoms with Gasteiger partial charge in [-0.15, -0.1) is 0 Å². The molecule has 13 heteroatoms. The third-order valence-corrected chi connectivity index (χ3v) is 8.50. The summed E-state index contributed by atoms with van der Waals surface area (Å²) in [5.74, 6) is -1.24. The lowest BCUT2D eigenvalue weighted by Crippen LogP contribution is -2.40. The van der Waals surface area contributed by atoms with Gasteiger partial charge in [-0.05, 0) is 48.4 Å². The summed E-state index contributed by atoms with van der Waals surface area (Å²) in [6.45, 7) is 2.58. The number of nitrogens with zero attached hydrogens (tertiary/aromatic N) is 1. The van der Waals surface area contributed by atoms with Crippen molar-refractivity contribution in [1.82, 2.24) is 4.31 Å². The average Bonchev–Trinajstić information content (AvgIpc) is 2.83. The van der Waals surface area contributed by atoms with E-state index in [9.17, 15) is 21.6 Å². The molecule has 2 aromatic carbocycles. The van der Waals surface area contributed by atoms with Crippen molar-refractivity contribution in [3.8, 4) is 11.5 Å². The smallest absolute Gasteiger partial charge is 0.328 e. The van der Waals surface area contributed by atoms with Crippen LogP contribution in [0.2, 0.25) is 0 Å². The quantitative estimate of drug-likeness (QED) is 0.468. The molecule has 0 bridgehead atoms. The summed E-state index contributed by atoms with van der Waals surface area (Å²) in [7, 11) is -5.60. The van der Waals surface area contributed by atoms with Crippen molar-refractivity contribution < 1.29 is 40.9 Å². The molecule has 0 saturated carbocycles. The van der Waals surface area contributed by atoms with Gasteiger partial charge in [0.15, 0.2) is 11.5 Å². The lowest BCUT2D eigenvalue weighted by molar-refractivity contribution is -0.131. The number of methoxy groups -OCH3 is 2. The standard InChI is InChI=1S/C22H26N2O9S2/c1-15-4-6-17(35(29,30)24-8-10-33-11-9-24)14-18(15)23-34(27,28)20-13-16(5-7-21(25)26)12-19(31-2)22(20)32-3/h4-7,12-14,23H,8-11H2,1-3H3,(H,25,26)/b7-5+. The van der Waals surface area contributed by atoms with Crippen molar-refractivity contribution >= 4 is 37.8 Å². The van der Waals surface area contributed by atoms with E-state index in [2.05, 4.69) is 4.72 Å². The van der Waals surface area contributed by atoms with Crippen molar-refractivity contribution in [3.63, 3.8) is 0 Å². The van der Waals surface area contributed by atoms with Crippen LogP contribution in [0.3, 0.4) is 0 Å². The molecule has 35 heavy (non-hydrogen) atoms. The van der Waals surface area contributed by atoms with Gasteiger partial charge >= 0.3 is 5.97 Å². The fraction of sp³-hybridized carbons (Fsp3) is 0.318. The number of nitrogens with one attached hydrogen (secondary N) is 1. The van der Waals surface area contributed by atoms with Crippen molar-refractivity contribution in [2.45, 2.75) is 16.7 Å². The molecule has 2 aromatic rings. The zero-order chi connectivity index (χ0) is 25.8. The van der Waals surface area contributed by atoms with Gasteiger partial charge in [-0.25, -0.2) is 21.6 Å². The van der Waals surface area contributed by atoms with Crippen molar-refractivity contribution in [2.24, 2.45) is 0 Å². The Morgan fingerprint density at radius 3 is 2.37 bits per heavy atom. The van der Waals surface area contributed by atoms with Crippen LogP contribution in [-0.2, 0) is 29.6 Å². The molecule has 3 rings (SSSR count). The van der Waals surface area contributed by atoms with Gasteiger partial charge in [0.05, 0.1) is 38.0 Å². The van der Waals surface area contributed by atoms with E-state index < -0.39 is 26.0 Å². The van der Waals surface area contributed by atoms with E-state index in [-0.39, 0.29) is 58.8 Å². The minimum Gasteiger partial charge on any atom is -0.493 e. The molecule has 2 N–H and O–H groups in total. The summed E-state index contributed by atoms with van der Waals surface area (Å²) in [6, 6.07) is 6.84. The maximum atomic E-state index is 13.4. The van der Waals surface area contributed by atoms with Crippen LogP contribution in [-0.4, -0.2) is 72.7 Å². The van der Waals surface area contributed by atoms with Gasteiger partial charge in [-0.1, -0.05) is 6.07 Å². The Balaban J connectivity index is 2.05. The van der Waals surface area contributed by atoms with Crippen LogP contribution in [0.4, 0.5) is 5.69 Å². The first-order valence-electron chi connectivity index (χ1n) is 10.4. The third-order valence-electron chi connectivity index (χ3n) is 5.24. The first kappa shape index (κ1) is 26.5. The Kier molecular flexibility index (Phi) is 8.05. The number of sulfonamides is 2. The number of benzene rings is 2. The van der Waals surface area contributed by atoms with Crippen LogP contribution in [0.25, 0.3) is 6.08 Å². The monoisotopic (exact) mass is 526 g/mol. The number of rotatable bonds is 9. The lowest BCUT2D eigenvalue weighted by Gasteiger charge is -2.26. The van der Waals surface area contributed by atoms with Gasteiger partial charge in [0.1, 0.15) is 4.90 Å².